The fraction of sp³-hybridized carbons (Fsp3) is 0. The van der Waals surface area contributed by atoms with Crippen LogP contribution in [0.4, 0.5) is 5.13 Å². The molecule has 0 saturated carbocycles. The fourth-order valence-electron chi connectivity index (χ4n) is 2.36. The molecule has 0 saturated heterocycles. The van der Waals surface area contributed by atoms with Crippen LogP contribution in [-0.4, -0.2) is 17.1 Å². The third-order valence-electron chi connectivity index (χ3n) is 3.57. The van der Waals surface area contributed by atoms with E-state index < -0.39 is 0 Å². The first-order valence-corrected chi connectivity index (χ1v) is 8.93. The van der Waals surface area contributed by atoms with E-state index in [2.05, 4.69) is 10.1 Å². The third kappa shape index (κ3) is 3.37. The first-order valence-electron chi connectivity index (χ1n) is 7.74. The number of carbonyl (C=O) groups excluding carboxylic acids is 1. The van der Waals surface area contributed by atoms with E-state index in [1.54, 1.807) is 42.7 Å². The van der Waals surface area contributed by atoms with Crippen molar-refractivity contribution in [2.75, 3.05) is 5.01 Å². The van der Waals surface area contributed by atoms with E-state index >= 15 is 0 Å². The van der Waals surface area contributed by atoms with Gasteiger partial charge in [0.2, 0.25) is 5.13 Å². The highest BCUT2D eigenvalue weighted by atomic mass is 35.5. The maximum atomic E-state index is 13.0. The number of furan rings is 1. The average Bonchev–Trinajstić information content (AvgIpc) is 3.31. The average molecular weight is 382 g/mol. The number of nitrogens with zero attached hydrogens (tertiary/aromatic N) is 3. The van der Waals surface area contributed by atoms with Gasteiger partial charge in [0.25, 0.3) is 5.91 Å². The molecule has 0 radical (unpaired) electrons. The van der Waals surface area contributed by atoms with Gasteiger partial charge >= 0.3 is 0 Å². The number of hydrogen-bond acceptors (Lipinski definition) is 5. The Morgan fingerprint density at radius 2 is 2.04 bits per heavy atom. The number of halogens is 1. The van der Waals surface area contributed by atoms with E-state index in [1.807, 2.05) is 24.3 Å². The second-order valence-corrected chi connectivity index (χ2v) is 6.80. The van der Waals surface area contributed by atoms with E-state index in [-0.39, 0.29) is 5.91 Å². The van der Waals surface area contributed by atoms with E-state index in [1.165, 1.54) is 22.6 Å². The second kappa shape index (κ2) is 7.11. The summed E-state index contributed by atoms with van der Waals surface area (Å²) >= 11 is 7.41. The van der Waals surface area contributed by atoms with Crippen molar-refractivity contribution in [3.8, 4) is 0 Å². The molecule has 1 amide bonds. The number of hydrazone groups is 1. The molecule has 0 unspecified atom stereocenters. The highest BCUT2D eigenvalue weighted by molar-refractivity contribution is 7.22. The molecule has 0 bridgehead atoms. The summed E-state index contributed by atoms with van der Waals surface area (Å²) in [6.07, 6.45) is 3.02. The molecule has 0 aliphatic rings. The van der Waals surface area contributed by atoms with Crippen LogP contribution in [0.3, 0.4) is 0 Å². The van der Waals surface area contributed by atoms with Crippen LogP contribution in [0.25, 0.3) is 10.2 Å². The number of thiazole rings is 1. The van der Waals surface area contributed by atoms with Gasteiger partial charge in [-0.05, 0) is 42.5 Å². The van der Waals surface area contributed by atoms with Crippen LogP contribution in [0.1, 0.15) is 16.1 Å². The Bertz CT molecular complexity index is 1060. The van der Waals surface area contributed by atoms with Gasteiger partial charge in [-0.15, -0.1) is 0 Å². The Morgan fingerprint density at radius 3 is 2.81 bits per heavy atom. The molecule has 7 heteroatoms. The Balaban J connectivity index is 1.76. The van der Waals surface area contributed by atoms with Gasteiger partial charge in [-0.25, -0.2) is 4.98 Å². The van der Waals surface area contributed by atoms with Crippen LogP contribution in [0.15, 0.2) is 76.4 Å². The van der Waals surface area contributed by atoms with Gasteiger partial charge in [0.1, 0.15) is 5.76 Å². The number of aromatic nitrogens is 1. The van der Waals surface area contributed by atoms with Gasteiger partial charge in [0.15, 0.2) is 0 Å². The van der Waals surface area contributed by atoms with Crippen molar-refractivity contribution < 1.29 is 9.21 Å². The highest BCUT2D eigenvalue weighted by Crippen LogP contribution is 2.30. The van der Waals surface area contributed by atoms with E-state index in [0.717, 1.165) is 10.2 Å². The minimum Gasteiger partial charge on any atom is -0.463 e. The predicted octanol–water partition coefficient (Wildman–Crippen LogP) is 5.22. The standard InChI is InChI=1S/C19H12ClN3O2S/c20-14-6-3-5-13(11-14)18(24)23(21-12-15-7-4-10-25-15)19-22-16-8-1-2-9-17(16)26-19/h1-12H/b21-12-. The van der Waals surface area contributed by atoms with Gasteiger partial charge in [0.05, 0.1) is 22.7 Å². The minimum atomic E-state index is -0.325. The highest BCUT2D eigenvalue weighted by Gasteiger charge is 2.21. The van der Waals surface area contributed by atoms with Crippen LogP contribution in [-0.2, 0) is 0 Å². The van der Waals surface area contributed by atoms with Crippen molar-refractivity contribution in [1.29, 1.82) is 0 Å². The van der Waals surface area contributed by atoms with Gasteiger partial charge < -0.3 is 4.42 Å². The monoisotopic (exact) mass is 381 g/mol. The molecule has 2 aromatic heterocycles. The molecular weight excluding hydrogens is 370 g/mol. The maximum absolute atomic E-state index is 13.0. The molecule has 0 aliphatic heterocycles. The summed E-state index contributed by atoms with van der Waals surface area (Å²) in [6.45, 7) is 0. The molecule has 2 heterocycles. The SMILES string of the molecule is O=C(c1cccc(Cl)c1)N(/N=C\c1ccco1)c1nc2ccccc2s1. The number of anilines is 1. The summed E-state index contributed by atoms with van der Waals surface area (Å²) in [5, 5.41) is 6.52. The number of hydrogen-bond donors (Lipinski definition) is 0. The molecule has 0 fully saturated rings. The number of para-hydroxylation sites is 1. The summed E-state index contributed by atoms with van der Waals surface area (Å²) in [5.74, 6) is 0.212. The van der Waals surface area contributed by atoms with Gasteiger partial charge in [-0.2, -0.15) is 10.1 Å². The lowest BCUT2D eigenvalue weighted by molar-refractivity contribution is 0.0988. The lowest BCUT2D eigenvalue weighted by atomic mass is 10.2. The number of carbonyl (C=O) groups is 1. The molecule has 0 atom stereocenters. The lowest BCUT2D eigenvalue weighted by Gasteiger charge is -2.13. The Kier molecular flexibility index (Phi) is 4.51. The summed E-state index contributed by atoms with van der Waals surface area (Å²) in [6, 6.07) is 17.9. The maximum Gasteiger partial charge on any atom is 0.280 e. The van der Waals surface area contributed by atoms with Crippen LogP contribution < -0.4 is 5.01 Å². The smallest absolute Gasteiger partial charge is 0.280 e. The summed E-state index contributed by atoms with van der Waals surface area (Å²) < 4.78 is 6.23. The molecule has 0 spiro atoms. The summed E-state index contributed by atoms with van der Waals surface area (Å²) in [7, 11) is 0. The van der Waals surface area contributed by atoms with Gasteiger partial charge in [0, 0.05) is 10.6 Å². The second-order valence-electron chi connectivity index (χ2n) is 5.35. The first kappa shape index (κ1) is 16.5. The number of fused-ring (bicyclic) bond motifs is 1. The predicted molar refractivity (Wildman–Crippen MR) is 104 cm³/mol. The molecule has 2 aromatic carbocycles. The van der Waals surface area contributed by atoms with Crippen LogP contribution >= 0.6 is 22.9 Å². The van der Waals surface area contributed by atoms with Crippen molar-refractivity contribution in [2.45, 2.75) is 0 Å². The Labute approximate surface area is 158 Å². The number of amides is 1. The zero-order valence-corrected chi connectivity index (χ0v) is 14.9. The van der Waals surface area contributed by atoms with E-state index in [4.69, 9.17) is 16.0 Å². The zero-order valence-electron chi connectivity index (χ0n) is 13.4. The summed E-state index contributed by atoms with van der Waals surface area (Å²) in [5.41, 5.74) is 1.23. The molecule has 4 aromatic rings. The van der Waals surface area contributed by atoms with E-state index in [0.29, 0.717) is 21.5 Å². The third-order valence-corrected chi connectivity index (χ3v) is 4.82. The van der Waals surface area contributed by atoms with Crippen molar-refractivity contribution in [3.05, 3.63) is 83.3 Å². The lowest BCUT2D eigenvalue weighted by Crippen LogP contribution is -2.25. The molecule has 0 aliphatic carbocycles. The quantitative estimate of drug-likeness (QED) is 0.359. The van der Waals surface area contributed by atoms with Crippen molar-refractivity contribution in [1.82, 2.24) is 4.98 Å². The molecule has 4 rings (SSSR count). The topological polar surface area (TPSA) is 58.7 Å². The Hall–Kier alpha value is -2.96. The molecule has 26 heavy (non-hydrogen) atoms. The van der Waals surface area contributed by atoms with Gasteiger partial charge in [-0.3, -0.25) is 4.79 Å². The zero-order chi connectivity index (χ0) is 17.9. The summed E-state index contributed by atoms with van der Waals surface area (Å²) in [4.78, 5) is 17.6. The molecular formula is C19H12ClN3O2S. The van der Waals surface area contributed by atoms with Crippen molar-refractivity contribution in [2.24, 2.45) is 5.10 Å². The first-order chi connectivity index (χ1) is 12.7. The molecule has 128 valence electrons. The minimum absolute atomic E-state index is 0.325. The Morgan fingerprint density at radius 1 is 1.15 bits per heavy atom. The normalized spacial score (nSPS) is 11.3. The van der Waals surface area contributed by atoms with E-state index in [9.17, 15) is 4.79 Å². The number of benzene rings is 2. The van der Waals surface area contributed by atoms with Crippen LogP contribution in [0.5, 0.6) is 0 Å². The van der Waals surface area contributed by atoms with Crippen molar-refractivity contribution >= 4 is 50.4 Å². The number of rotatable bonds is 4. The van der Waals surface area contributed by atoms with Crippen molar-refractivity contribution in [3.63, 3.8) is 0 Å². The fourth-order valence-corrected chi connectivity index (χ4v) is 3.47. The van der Waals surface area contributed by atoms with Crippen LogP contribution in [0, 0.1) is 0 Å². The van der Waals surface area contributed by atoms with Crippen LogP contribution in [0.2, 0.25) is 5.02 Å². The van der Waals surface area contributed by atoms with Gasteiger partial charge in [-0.1, -0.05) is 41.1 Å². The molecule has 0 N–H and O–H groups in total. The largest absolute Gasteiger partial charge is 0.463 e. The molecule has 5 nitrogen and oxygen atoms in total.